The molecule has 55 heavy (non-hydrogen) atoms. The van der Waals surface area contributed by atoms with E-state index in [-0.39, 0.29) is 6.23 Å². The van der Waals surface area contributed by atoms with Crippen molar-refractivity contribution in [1.82, 2.24) is 0 Å². The van der Waals surface area contributed by atoms with E-state index in [1.165, 1.54) is 32.1 Å². The van der Waals surface area contributed by atoms with Gasteiger partial charge in [0.15, 0.2) is 21.3 Å². The maximum absolute atomic E-state index is 13.0. The van der Waals surface area contributed by atoms with Gasteiger partial charge >= 0.3 is 52.7 Å². The van der Waals surface area contributed by atoms with Crippen LogP contribution in [0.1, 0.15) is 45.4 Å². The van der Waals surface area contributed by atoms with Gasteiger partial charge in [-0.25, -0.2) is 8.42 Å². The van der Waals surface area contributed by atoms with Crippen LogP contribution >= 0.6 is 0 Å². The van der Waals surface area contributed by atoms with Gasteiger partial charge in [-0.05, 0) is 12.5 Å². The van der Waals surface area contributed by atoms with E-state index in [9.17, 15) is 93.0 Å². The highest BCUT2D eigenvalue weighted by molar-refractivity contribution is 7.86. The maximum atomic E-state index is 13.0. The number of unbranched alkanes of at least 4 members (excludes halogenated alkanes) is 5. The Balaban J connectivity index is 0.000000552. The van der Waals surface area contributed by atoms with Gasteiger partial charge in [0.25, 0.3) is 0 Å². The van der Waals surface area contributed by atoms with Gasteiger partial charge in [-0.15, -0.1) is 0 Å². The van der Waals surface area contributed by atoms with Crippen LogP contribution in [0.3, 0.4) is 0 Å². The summed E-state index contributed by atoms with van der Waals surface area (Å²) in [6, 6.07) is 7.50. The predicted octanol–water partition coefficient (Wildman–Crippen LogP) is 9.23. The predicted molar refractivity (Wildman–Crippen MR) is 154 cm³/mol. The quantitative estimate of drug-likeness (QED) is 0.0586. The SMILES string of the molecule is CCCCCCCCOCCOC1COCCN1c1ccccc1[N+]#N.O=S(=O)([O-])C(F)(F)C(F)(F)C(F)(F)C(F)(F)C(F)(F)C(F)(F)C(F)(F)C(F)(F)F. The number of anilines is 1. The van der Waals surface area contributed by atoms with Gasteiger partial charge in [0.1, 0.15) is 5.69 Å². The number of halogens is 17. The molecule has 0 N–H and O–H groups in total. The Kier molecular flexibility index (Phi) is 16.9. The third-order valence-electron chi connectivity index (χ3n) is 7.57. The Hall–Kier alpha value is -2.96. The maximum Gasteiger partial charge on any atom is 0.460 e. The van der Waals surface area contributed by atoms with Crippen molar-refractivity contribution in [3.8, 4) is 0 Å². The van der Waals surface area contributed by atoms with Gasteiger partial charge in [-0.3, -0.25) is 0 Å². The van der Waals surface area contributed by atoms with E-state index in [0.29, 0.717) is 38.7 Å². The summed E-state index contributed by atoms with van der Waals surface area (Å²) in [6.45, 7) is 5.98. The molecule has 0 bridgehead atoms. The molecule has 0 saturated carbocycles. The first-order valence-electron chi connectivity index (χ1n) is 15.5. The first-order chi connectivity index (χ1) is 24.9. The lowest BCUT2D eigenvalue weighted by Crippen LogP contribution is -2.75. The summed E-state index contributed by atoms with van der Waals surface area (Å²) in [5.41, 5.74) is 1.40. The average molecular weight is 862 g/mol. The van der Waals surface area contributed by atoms with E-state index in [2.05, 4.69) is 16.8 Å². The van der Waals surface area contributed by atoms with E-state index in [1.54, 1.807) is 6.07 Å². The zero-order valence-electron chi connectivity index (χ0n) is 28.0. The molecule has 1 saturated heterocycles. The summed E-state index contributed by atoms with van der Waals surface area (Å²) in [4.78, 5) is 5.46. The van der Waals surface area contributed by atoms with E-state index in [1.807, 2.05) is 18.2 Å². The minimum absolute atomic E-state index is 0.190. The second kappa shape index (κ2) is 18.5. The molecule has 1 atom stereocenters. The summed E-state index contributed by atoms with van der Waals surface area (Å²) in [5, 5.41) is 1.25. The number of hydrogen-bond acceptors (Lipinski definition) is 8. The number of para-hydroxylation sites is 1. The van der Waals surface area contributed by atoms with Crippen LogP contribution < -0.4 is 4.90 Å². The molecule has 1 aliphatic rings. The third-order valence-corrected chi connectivity index (χ3v) is 8.46. The van der Waals surface area contributed by atoms with Crippen molar-refractivity contribution < 1.29 is 102 Å². The van der Waals surface area contributed by atoms with Crippen molar-refractivity contribution in [1.29, 1.82) is 5.39 Å². The van der Waals surface area contributed by atoms with Gasteiger partial charge in [-0.2, -0.15) is 74.6 Å². The molecule has 27 heteroatoms. The van der Waals surface area contributed by atoms with Crippen molar-refractivity contribution >= 4 is 21.5 Å². The van der Waals surface area contributed by atoms with Crippen molar-refractivity contribution in [3.05, 3.63) is 29.2 Å². The van der Waals surface area contributed by atoms with Crippen LogP contribution in [0, 0.1) is 5.39 Å². The lowest BCUT2D eigenvalue weighted by molar-refractivity contribution is -0.458. The zero-order valence-corrected chi connectivity index (χ0v) is 28.8. The number of hydrogen-bond donors (Lipinski definition) is 0. The molecule has 0 spiro atoms. The van der Waals surface area contributed by atoms with Crippen LogP contribution in [-0.4, -0.2) is 106 Å². The molecule has 9 nitrogen and oxygen atoms in total. The second-order valence-electron chi connectivity index (χ2n) is 11.5. The molecular formula is C28H32F17N3O6S. The highest BCUT2D eigenvalue weighted by Gasteiger charge is 2.95. The fourth-order valence-electron chi connectivity index (χ4n) is 4.42. The molecule has 0 aromatic heterocycles. The molecule has 1 aliphatic heterocycles. The Bertz CT molecular complexity index is 1530. The summed E-state index contributed by atoms with van der Waals surface area (Å²) in [7, 11) is -8.14. The molecule has 2 rings (SSSR count). The third kappa shape index (κ3) is 10.3. The highest BCUT2D eigenvalue weighted by Crippen LogP contribution is 2.64. The van der Waals surface area contributed by atoms with E-state index >= 15 is 0 Å². The second-order valence-corrected chi connectivity index (χ2v) is 12.9. The Morgan fingerprint density at radius 2 is 1.24 bits per heavy atom. The smallest absolute Gasteiger partial charge is 0.460 e. The lowest BCUT2D eigenvalue weighted by atomic mass is 9.91. The standard InChI is InChI=1S/C20H32N3O3.C8HF17O3S/c1-2-3-4-5-6-9-13-24-15-16-26-20-17-25-14-12-23(20)19-11-8-7-10-18(19)22-21;9-1(10,3(13,14)5(17,18)7(21,22)23)2(11,12)4(15,16)6(19,20)8(24,25)29(26,27)28/h7-8,10-11,20H,2-6,9,12-17H2,1H3;(H,26,27,28)/q+1;/p-1. The van der Waals surface area contributed by atoms with Crippen LogP contribution in [0.25, 0.3) is 4.98 Å². The topological polar surface area (TPSA) is 116 Å². The zero-order chi connectivity index (χ0) is 43.0. The molecule has 1 aromatic carbocycles. The Morgan fingerprint density at radius 1 is 0.745 bits per heavy atom. The van der Waals surface area contributed by atoms with Crippen LogP contribution in [0.4, 0.5) is 86.0 Å². The summed E-state index contributed by atoms with van der Waals surface area (Å²) in [5.74, 6) is -52.1. The lowest BCUT2D eigenvalue weighted by Gasteiger charge is -2.42. The average Bonchev–Trinajstić information content (AvgIpc) is 3.08. The van der Waals surface area contributed by atoms with Crippen molar-refractivity contribution in [2.75, 3.05) is 44.5 Å². The minimum Gasteiger partial charge on any atom is -0.743 e. The molecule has 0 aliphatic carbocycles. The van der Waals surface area contributed by atoms with Gasteiger partial charge in [0.05, 0.1) is 26.4 Å². The Labute approximate surface area is 301 Å². The largest absolute Gasteiger partial charge is 0.743 e. The van der Waals surface area contributed by atoms with E-state index < -0.39 is 57.1 Å². The molecule has 320 valence electrons. The van der Waals surface area contributed by atoms with Crippen LogP contribution in [0.5, 0.6) is 0 Å². The van der Waals surface area contributed by atoms with Crippen LogP contribution in [-0.2, 0) is 24.3 Å². The number of nitrogens with zero attached hydrogens (tertiary/aromatic N) is 3. The van der Waals surface area contributed by atoms with Crippen molar-refractivity contribution in [3.63, 3.8) is 0 Å². The number of diazo groups is 1. The van der Waals surface area contributed by atoms with Crippen molar-refractivity contribution in [2.45, 2.75) is 98.6 Å². The molecule has 0 radical (unpaired) electrons. The molecular weight excluding hydrogens is 829 g/mol. The van der Waals surface area contributed by atoms with E-state index in [0.717, 1.165) is 18.7 Å². The van der Waals surface area contributed by atoms with Gasteiger partial charge < -0.3 is 23.7 Å². The highest BCUT2D eigenvalue weighted by atomic mass is 32.2. The number of morpholine rings is 1. The monoisotopic (exact) mass is 861 g/mol. The van der Waals surface area contributed by atoms with Gasteiger partial charge in [-0.1, -0.05) is 51.2 Å². The number of benzene rings is 1. The summed E-state index contributed by atoms with van der Waals surface area (Å²) >= 11 is 0. The molecule has 1 aromatic rings. The van der Waals surface area contributed by atoms with Gasteiger partial charge in [0.2, 0.25) is 5.39 Å². The molecule has 1 unspecified atom stereocenters. The van der Waals surface area contributed by atoms with Crippen molar-refractivity contribution in [2.24, 2.45) is 0 Å². The number of alkyl halides is 17. The summed E-state index contributed by atoms with van der Waals surface area (Å²) in [6.07, 6.45) is -0.468. The number of rotatable bonds is 19. The first kappa shape index (κ1) is 50.1. The van der Waals surface area contributed by atoms with Crippen LogP contribution in [0.15, 0.2) is 24.3 Å². The van der Waals surface area contributed by atoms with E-state index in [4.69, 9.17) is 14.2 Å². The summed E-state index contributed by atoms with van der Waals surface area (Å²) < 4.78 is 261. The molecule has 1 fully saturated rings. The fraction of sp³-hybridized carbons (Fsp3) is 0.786. The molecule has 0 amide bonds. The Morgan fingerprint density at radius 3 is 1.75 bits per heavy atom. The number of ether oxygens (including phenoxy) is 3. The first-order valence-corrected chi connectivity index (χ1v) is 16.9. The fourth-order valence-corrected chi connectivity index (χ4v) is 4.86. The minimum atomic E-state index is -8.92. The van der Waals surface area contributed by atoms with Crippen LogP contribution in [0.2, 0.25) is 0 Å². The normalized spacial score (nSPS) is 17.1. The van der Waals surface area contributed by atoms with Gasteiger partial charge in [0, 0.05) is 19.2 Å². The molecule has 1 heterocycles.